The van der Waals surface area contributed by atoms with Gasteiger partial charge in [0.1, 0.15) is 6.33 Å². The van der Waals surface area contributed by atoms with Crippen molar-refractivity contribution in [2.45, 2.75) is 19.6 Å². The van der Waals surface area contributed by atoms with Crippen molar-refractivity contribution in [1.29, 1.82) is 0 Å². The van der Waals surface area contributed by atoms with Crippen LogP contribution in [0.25, 0.3) is 11.4 Å². The zero-order valence-corrected chi connectivity index (χ0v) is 9.72. The minimum Gasteiger partial charge on any atom is -0.391 e. The first-order valence-electron chi connectivity index (χ1n) is 5.38. The van der Waals surface area contributed by atoms with Crippen LogP contribution in [0.1, 0.15) is 6.92 Å². The van der Waals surface area contributed by atoms with Gasteiger partial charge in [0.05, 0.1) is 17.6 Å². The number of aliphatic hydroxyl groups is 1. The molecule has 7 nitrogen and oxygen atoms in total. The van der Waals surface area contributed by atoms with E-state index in [4.69, 9.17) is 0 Å². The SMILES string of the molecule is CC(O)Cn1cnc(-c2cccc([N+](=O)[O-])c2)n1. The van der Waals surface area contributed by atoms with Crippen LogP contribution in [-0.4, -0.2) is 30.9 Å². The Bertz CT molecular complexity index is 565. The molecule has 0 bridgehead atoms. The summed E-state index contributed by atoms with van der Waals surface area (Å²) >= 11 is 0. The molecule has 0 fully saturated rings. The molecular weight excluding hydrogens is 236 g/mol. The fraction of sp³-hybridized carbons (Fsp3) is 0.273. The molecule has 1 aromatic heterocycles. The smallest absolute Gasteiger partial charge is 0.270 e. The highest BCUT2D eigenvalue weighted by Gasteiger charge is 2.10. The number of aromatic nitrogens is 3. The molecule has 1 heterocycles. The monoisotopic (exact) mass is 248 g/mol. The molecule has 1 atom stereocenters. The molecule has 0 saturated carbocycles. The Morgan fingerprint density at radius 3 is 3.00 bits per heavy atom. The number of nitrogens with zero attached hydrogens (tertiary/aromatic N) is 4. The second kappa shape index (κ2) is 4.92. The van der Waals surface area contributed by atoms with E-state index < -0.39 is 11.0 Å². The molecule has 0 saturated heterocycles. The summed E-state index contributed by atoms with van der Waals surface area (Å²) in [6.45, 7) is 1.98. The van der Waals surface area contributed by atoms with Gasteiger partial charge in [-0.1, -0.05) is 12.1 Å². The summed E-state index contributed by atoms with van der Waals surface area (Å²) in [6.07, 6.45) is 0.964. The Kier molecular flexibility index (Phi) is 3.33. The van der Waals surface area contributed by atoms with E-state index in [1.165, 1.54) is 23.1 Å². The molecule has 0 spiro atoms. The Hall–Kier alpha value is -2.28. The van der Waals surface area contributed by atoms with Crippen LogP contribution in [0.5, 0.6) is 0 Å². The van der Waals surface area contributed by atoms with Gasteiger partial charge in [0.15, 0.2) is 5.82 Å². The zero-order valence-electron chi connectivity index (χ0n) is 9.72. The van der Waals surface area contributed by atoms with Crippen molar-refractivity contribution in [3.05, 3.63) is 40.7 Å². The van der Waals surface area contributed by atoms with E-state index in [9.17, 15) is 15.2 Å². The first-order chi connectivity index (χ1) is 8.56. The first kappa shape index (κ1) is 12.2. The third kappa shape index (κ3) is 2.69. The van der Waals surface area contributed by atoms with Crippen LogP contribution < -0.4 is 0 Å². The molecule has 7 heteroatoms. The molecule has 0 amide bonds. The minimum atomic E-state index is -0.523. The minimum absolute atomic E-state index is 0.000578. The van der Waals surface area contributed by atoms with Crippen molar-refractivity contribution < 1.29 is 10.0 Å². The van der Waals surface area contributed by atoms with Crippen molar-refractivity contribution in [2.24, 2.45) is 0 Å². The number of aliphatic hydroxyl groups excluding tert-OH is 1. The highest BCUT2D eigenvalue weighted by Crippen LogP contribution is 2.20. The maximum atomic E-state index is 10.7. The van der Waals surface area contributed by atoms with Gasteiger partial charge in [-0.2, -0.15) is 5.10 Å². The van der Waals surface area contributed by atoms with Gasteiger partial charge < -0.3 is 5.11 Å². The lowest BCUT2D eigenvalue weighted by Crippen LogP contribution is -2.11. The molecule has 1 unspecified atom stereocenters. The van der Waals surface area contributed by atoms with Gasteiger partial charge in [-0.15, -0.1) is 0 Å². The van der Waals surface area contributed by atoms with E-state index in [1.54, 1.807) is 19.1 Å². The van der Waals surface area contributed by atoms with Crippen molar-refractivity contribution in [3.63, 3.8) is 0 Å². The van der Waals surface area contributed by atoms with E-state index in [-0.39, 0.29) is 5.69 Å². The molecule has 0 radical (unpaired) electrons. The largest absolute Gasteiger partial charge is 0.391 e. The zero-order chi connectivity index (χ0) is 13.1. The molecule has 1 aromatic carbocycles. The van der Waals surface area contributed by atoms with E-state index in [2.05, 4.69) is 10.1 Å². The third-order valence-electron chi connectivity index (χ3n) is 2.30. The lowest BCUT2D eigenvalue weighted by molar-refractivity contribution is -0.384. The number of nitro benzene ring substituents is 1. The molecule has 1 N–H and O–H groups in total. The fourth-order valence-electron chi connectivity index (χ4n) is 1.54. The van der Waals surface area contributed by atoms with Crippen molar-refractivity contribution in [2.75, 3.05) is 0 Å². The number of hydrogen-bond donors (Lipinski definition) is 1. The van der Waals surface area contributed by atoms with E-state index >= 15 is 0 Å². The van der Waals surface area contributed by atoms with Crippen LogP contribution in [-0.2, 0) is 6.54 Å². The quantitative estimate of drug-likeness (QED) is 0.648. The maximum absolute atomic E-state index is 10.7. The van der Waals surface area contributed by atoms with Crippen molar-refractivity contribution in [1.82, 2.24) is 14.8 Å². The average molecular weight is 248 g/mol. The number of rotatable bonds is 4. The summed E-state index contributed by atoms with van der Waals surface area (Å²) in [7, 11) is 0. The van der Waals surface area contributed by atoms with Gasteiger partial charge in [0, 0.05) is 17.7 Å². The van der Waals surface area contributed by atoms with Crippen LogP contribution in [0.3, 0.4) is 0 Å². The summed E-state index contributed by atoms with van der Waals surface area (Å²) in [5.74, 6) is 0.402. The van der Waals surface area contributed by atoms with Gasteiger partial charge >= 0.3 is 0 Å². The Balaban J connectivity index is 2.28. The average Bonchev–Trinajstić information content (AvgIpc) is 2.77. The molecule has 2 aromatic rings. The lowest BCUT2D eigenvalue weighted by atomic mass is 10.2. The topological polar surface area (TPSA) is 94.1 Å². The molecule has 0 aliphatic rings. The lowest BCUT2D eigenvalue weighted by Gasteiger charge is -2.01. The highest BCUT2D eigenvalue weighted by molar-refractivity contribution is 5.58. The molecule has 18 heavy (non-hydrogen) atoms. The first-order valence-corrected chi connectivity index (χ1v) is 5.38. The van der Waals surface area contributed by atoms with Crippen molar-refractivity contribution in [3.8, 4) is 11.4 Å². The summed E-state index contributed by atoms with van der Waals surface area (Å²) in [4.78, 5) is 14.3. The Morgan fingerprint density at radius 2 is 2.33 bits per heavy atom. The normalized spacial score (nSPS) is 12.3. The van der Waals surface area contributed by atoms with Crippen LogP contribution in [0, 0.1) is 10.1 Å². The summed E-state index contributed by atoms with van der Waals surface area (Å²) in [6, 6.07) is 6.12. The van der Waals surface area contributed by atoms with Crippen LogP contribution in [0.4, 0.5) is 5.69 Å². The fourth-order valence-corrected chi connectivity index (χ4v) is 1.54. The third-order valence-corrected chi connectivity index (χ3v) is 2.30. The maximum Gasteiger partial charge on any atom is 0.270 e. The van der Waals surface area contributed by atoms with E-state index in [0.717, 1.165) is 0 Å². The second-order valence-corrected chi connectivity index (χ2v) is 3.95. The number of nitro groups is 1. The number of hydrogen-bond acceptors (Lipinski definition) is 5. The van der Waals surface area contributed by atoms with Gasteiger partial charge in [-0.05, 0) is 6.92 Å². The Labute approximate surface area is 103 Å². The van der Waals surface area contributed by atoms with Crippen LogP contribution >= 0.6 is 0 Å². The molecule has 0 aliphatic heterocycles. The predicted octanol–water partition coefficient (Wildman–Crippen LogP) is 1.23. The molecule has 2 rings (SSSR count). The number of benzene rings is 1. The van der Waals surface area contributed by atoms with Crippen LogP contribution in [0.15, 0.2) is 30.6 Å². The van der Waals surface area contributed by atoms with Crippen LogP contribution in [0.2, 0.25) is 0 Å². The van der Waals surface area contributed by atoms with Crippen molar-refractivity contribution >= 4 is 5.69 Å². The van der Waals surface area contributed by atoms with E-state index in [0.29, 0.717) is 17.9 Å². The standard InChI is InChI=1S/C11H12N4O3/c1-8(16)6-14-7-12-11(13-14)9-3-2-4-10(5-9)15(17)18/h2-5,7-8,16H,6H2,1H3. The summed E-state index contributed by atoms with van der Waals surface area (Å²) in [5.41, 5.74) is 0.577. The Morgan fingerprint density at radius 1 is 1.56 bits per heavy atom. The molecule has 94 valence electrons. The number of non-ortho nitro benzene ring substituents is 1. The summed E-state index contributed by atoms with van der Waals surface area (Å²) in [5, 5.41) is 24.0. The van der Waals surface area contributed by atoms with Gasteiger partial charge in [-0.3, -0.25) is 10.1 Å². The van der Waals surface area contributed by atoms with Gasteiger partial charge in [-0.25, -0.2) is 9.67 Å². The van der Waals surface area contributed by atoms with E-state index in [1.807, 2.05) is 0 Å². The van der Waals surface area contributed by atoms with Gasteiger partial charge in [0.25, 0.3) is 5.69 Å². The van der Waals surface area contributed by atoms with Gasteiger partial charge in [0.2, 0.25) is 0 Å². The molecule has 0 aliphatic carbocycles. The molecular formula is C11H12N4O3. The second-order valence-electron chi connectivity index (χ2n) is 3.95. The predicted molar refractivity (Wildman–Crippen MR) is 63.8 cm³/mol. The highest BCUT2D eigenvalue weighted by atomic mass is 16.6. The summed E-state index contributed by atoms with van der Waals surface area (Å²) < 4.78 is 1.50.